The minimum atomic E-state index is -3.76. The van der Waals surface area contributed by atoms with Crippen LogP contribution in [0.1, 0.15) is 24.0 Å². The minimum Gasteiger partial charge on any atom is -0.372 e. The van der Waals surface area contributed by atoms with Crippen molar-refractivity contribution in [2.45, 2.75) is 42.7 Å². The number of aryl methyl sites for hydroxylation is 1. The van der Waals surface area contributed by atoms with Gasteiger partial charge in [-0.15, -0.1) is 11.3 Å². The molecular weight excluding hydrogens is 600 g/mol. The van der Waals surface area contributed by atoms with Gasteiger partial charge in [-0.25, -0.2) is 17.8 Å². The van der Waals surface area contributed by atoms with E-state index in [1.165, 1.54) is 23.5 Å². The van der Waals surface area contributed by atoms with Crippen molar-refractivity contribution in [3.05, 3.63) is 101 Å². The van der Waals surface area contributed by atoms with Gasteiger partial charge in [0.2, 0.25) is 15.9 Å². The number of hydrogen-bond acceptors (Lipinski definition) is 7. The number of sulfonamides is 1. The minimum absolute atomic E-state index is 0.169. The summed E-state index contributed by atoms with van der Waals surface area (Å²) in [5, 5.41) is 5.19. The van der Waals surface area contributed by atoms with Crippen molar-refractivity contribution in [3.8, 4) is 11.3 Å². The van der Waals surface area contributed by atoms with Crippen molar-refractivity contribution in [2.24, 2.45) is 0 Å². The lowest BCUT2D eigenvalue weighted by atomic mass is 9.88. The van der Waals surface area contributed by atoms with E-state index in [2.05, 4.69) is 15.2 Å². The number of rotatable bonds is 8. The summed E-state index contributed by atoms with van der Waals surface area (Å²) in [6.45, 7) is 3.92. The Balaban J connectivity index is 1.10. The largest absolute Gasteiger partial charge is 0.372 e. The molecule has 4 aromatic rings. The number of anilines is 1. The maximum absolute atomic E-state index is 14.0. The standard InChI is InChI=1S/C33H35FN4O4S2/c1-24-7-13-29(14-8-24)44(40,41)38-23-33(42-21-28(38)19-25-5-3-2-4-6-25)15-17-37(18-16-33)20-31(39)36-32-35-30(22-43-32)26-9-11-27(34)12-10-26/h2-14,22,28H,15-21,23H2,1H3,(H,35,36,39)/t28-/m1/s1. The van der Waals surface area contributed by atoms with E-state index in [0.29, 0.717) is 49.8 Å². The number of hydrogen-bond donors (Lipinski definition) is 1. The first-order valence-corrected chi connectivity index (χ1v) is 17.0. The predicted octanol–water partition coefficient (Wildman–Crippen LogP) is 5.36. The number of morpholine rings is 1. The van der Waals surface area contributed by atoms with Crippen LogP contribution in [0.5, 0.6) is 0 Å². The van der Waals surface area contributed by atoms with Gasteiger partial charge in [0.05, 0.1) is 35.4 Å². The summed E-state index contributed by atoms with van der Waals surface area (Å²) >= 11 is 1.32. The molecule has 8 nitrogen and oxygen atoms in total. The van der Waals surface area contributed by atoms with Crippen LogP contribution < -0.4 is 5.32 Å². The molecule has 3 aromatic carbocycles. The third-order valence-electron chi connectivity index (χ3n) is 8.40. The number of nitrogens with one attached hydrogen (secondary N) is 1. The molecular formula is C33H35FN4O4S2. The first kappa shape index (κ1) is 30.5. The van der Waals surface area contributed by atoms with Gasteiger partial charge in [-0.1, -0.05) is 48.0 Å². The van der Waals surface area contributed by atoms with Crippen LogP contribution in [0.4, 0.5) is 9.52 Å². The molecule has 0 saturated carbocycles. The highest BCUT2D eigenvalue weighted by molar-refractivity contribution is 7.89. The second-order valence-electron chi connectivity index (χ2n) is 11.6. The third kappa shape index (κ3) is 6.92. The fourth-order valence-electron chi connectivity index (χ4n) is 5.86. The Morgan fingerprint density at radius 1 is 1.05 bits per heavy atom. The van der Waals surface area contributed by atoms with E-state index in [-0.39, 0.29) is 35.8 Å². The molecule has 1 spiro atoms. The van der Waals surface area contributed by atoms with Crippen LogP contribution >= 0.6 is 11.3 Å². The van der Waals surface area contributed by atoms with Gasteiger partial charge < -0.3 is 10.1 Å². The van der Waals surface area contributed by atoms with Crippen LogP contribution in [0.15, 0.2) is 89.1 Å². The number of likely N-dealkylation sites (tertiary alicyclic amines) is 1. The van der Waals surface area contributed by atoms with E-state index >= 15 is 0 Å². The molecule has 11 heteroatoms. The van der Waals surface area contributed by atoms with Gasteiger partial charge in [0, 0.05) is 30.6 Å². The van der Waals surface area contributed by atoms with E-state index in [9.17, 15) is 17.6 Å². The number of carbonyl (C=O) groups is 1. The Morgan fingerprint density at radius 3 is 2.45 bits per heavy atom. The third-order valence-corrected chi connectivity index (χ3v) is 11.1. The van der Waals surface area contributed by atoms with E-state index in [4.69, 9.17) is 4.74 Å². The summed E-state index contributed by atoms with van der Waals surface area (Å²) in [6, 6.07) is 22.7. The molecule has 230 valence electrons. The fraction of sp³-hybridized carbons (Fsp3) is 0.333. The van der Waals surface area contributed by atoms with Crippen molar-refractivity contribution >= 4 is 32.4 Å². The summed E-state index contributed by atoms with van der Waals surface area (Å²) in [4.78, 5) is 19.7. The second kappa shape index (κ2) is 12.9. The molecule has 3 heterocycles. The summed E-state index contributed by atoms with van der Waals surface area (Å²) in [7, 11) is -3.76. The molecule has 1 amide bonds. The number of aromatic nitrogens is 1. The number of piperidine rings is 1. The Morgan fingerprint density at radius 2 is 1.75 bits per heavy atom. The van der Waals surface area contributed by atoms with Gasteiger partial charge in [0.15, 0.2) is 5.13 Å². The Hall–Kier alpha value is -3.48. The van der Waals surface area contributed by atoms with Gasteiger partial charge in [-0.05, 0) is 68.1 Å². The zero-order valence-electron chi connectivity index (χ0n) is 24.5. The topological polar surface area (TPSA) is 91.8 Å². The number of amides is 1. The van der Waals surface area contributed by atoms with Crippen LogP contribution in [0.3, 0.4) is 0 Å². The molecule has 1 atom stereocenters. The zero-order chi connectivity index (χ0) is 30.7. The van der Waals surface area contributed by atoms with E-state index < -0.39 is 15.6 Å². The van der Waals surface area contributed by atoms with Gasteiger partial charge >= 0.3 is 0 Å². The van der Waals surface area contributed by atoms with Crippen LogP contribution in [-0.2, 0) is 26.0 Å². The highest BCUT2D eigenvalue weighted by atomic mass is 32.2. The smallest absolute Gasteiger partial charge is 0.243 e. The van der Waals surface area contributed by atoms with Gasteiger partial charge in [-0.3, -0.25) is 9.69 Å². The van der Waals surface area contributed by atoms with Crippen LogP contribution in [0.25, 0.3) is 11.3 Å². The number of halogens is 1. The maximum Gasteiger partial charge on any atom is 0.243 e. The number of benzene rings is 3. The average Bonchev–Trinajstić information content (AvgIpc) is 3.48. The number of nitrogens with zero attached hydrogens (tertiary/aromatic N) is 3. The number of carbonyl (C=O) groups excluding carboxylic acids is 1. The lowest BCUT2D eigenvalue weighted by Crippen LogP contribution is -2.62. The molecule has 0 bridgehead atoms. The Kier molecular flexibility index (Phi) is 8.93. The molecule has 0 aliphatic carbocycles. The molecule has 2 aliphatic rings. The summed E-state index contributed by atoms with van der Waals surface area (Å²) in [5.74, 6) is -0.482. The monoisotopic (exact) mass is 634 g/mol. The highest BCUT2D eigenvalue weighted by Crippen LogP contribution is 2.36. The molecule has 0 unspecified atom stereocenters. The van der Waals surface area contributed by atoms with Crippen molar-refractivity contribution in [3.63, 3.8) is 0 Å². The quantitative estimate of drug-likeness (QED) is 0.281. The van der Waals surface area contributed by atoms with Crippen molar-refractivity contribution in [1.82, 2.24) is 14.2 Å². The lowest BCUT2D eigenvalue weighted by Gasteiger charge is -2.49. The van der Waals surface area contributed by atoms with E-state index in [1.54, 1.807) is 28.6 Å². The fourth-order valence-corrected chi connectivity index (χ4v) is 8.28. The van der Waals surface area contributed by atoms with E-state index in [0.717, 1.165) is 16.7 Å². The Bertz CT molecular complexity index is 1690. The van der Waals surface area contributed by atoms with Gasteiger partial charge in [0.25, 0.3) is 0 Å². The molecule has 2 saturated heterocycles. The molecule has 44 heavy (non-hydrogen) atoms. The van der Waals surface area contributed by atoms with Crippen molar-refractivity contribution in [1.29, 1.82) is 0 Å². The number of thiazole rings is 1. The molecule has 0 radical (unpaired) electrons. The first-order valence-electron chi connectivity index (χ1n) is 14.7. The SMILES string of the molecule is Cc1ccc(S(=O)(=O)N2CC3(CCN(CC(=O)Nc4nc(-c5ccc(F)cc5)cs4)CC3)OC[C@H]2Cc2ccccc2)cc1. The summed E-state index contributed by atoms with van der Waals surface area (Å²) < 4.78 is 49.4. The van der Waals surface area contributed by atoms with Crippen molar-refractivity contribution in [2.75, 3.05) is 38.1 Å². The van der Waals surface area contributed by atoms with Crippen molar-refractivity contribution < 1.29 is 22.3 Å². The highest BCUT2D eigenvalue weighted by Gasteiger charge is 2.47. The lowest BCUT2D eigenvalue weighted by molar-refractivity contribution is -0.139. The van der Waals surface area contributed by atoms with Crippen LogP contribution in [0, 0.1) is 12.7 Å². The molecule has 1 aromatic heterocycles. The molecule has 6 rings (SSSR count). The molecule has 1 N–H and O–H groups in total. The van der Waals surface area contributed by atoms with E-state index in [1.807, 2.05) is 54.8 Å². The summed E-state index contributed by atoms with van der Waals surface area (Å²) in [6.07, 6.45) is 1.79. The number of ether oxygens (including phenoxy) is 1. The predicted molar refractivity (Wildman–Crippen MR) is 169 cm³/mol. The molecule has 2 fully saturated rings. The first-order chi connectivity index (χ1) is 21.2. The normalized spacial score (nSPS) is 19.2. The van der Waals surface area contributed by atoms with Gasteiger partial charge in [-0.2, -0.15) is 4.31 Å². The average molecular weight is 635 g/mol. The second-order valence-corrected chi connectivity index (χ2v) is 14.3. The Labute approximate surface area is 261 Å². The summed E-state index contributed by atoms with van der Waals surface area (Å²) in [5.41, 5.74) is 2.91. The zero-order valence-corrected chi connectivity index (χ0v) is 26.1. The molecule has 2 aliphatic heterocycles. The van der Waals surface area contributed by atoms with Crippen LogP contribution in [0.2, 0.25) is 0 Å². The maximum atomic E-state index is 14.0. The van der Waals surface area contributed by atoms with Gasteiger partial charge in [0.1, 0.15) is 5.82 Å². The van der Waals surface area contributed by atoms with Crippen LogP contribution in [-0.4, -0.2) is 72.9 Å².